The minimum Gasteiger partial charge on any atom is -0.460 e. The Morgan fingerprint density at radius 2 is 1.62 bits per heavy atom. The minimum atomic E-state index is -1.12. The molecule has 0 spiro atoms. The number of hydrogen-bond donors (Lipinski definition) is 3. The molecule has 2 aliphatic carbocycles. The third kappa shape index (κ3) is 10.3. The van der Waals surface area contributed by atoms with Gasteiger partial charge < -0.3 is 30.3 Å². The third-order valence-electron chi connectivity index (χ3n) is 8.89. The Bertz CT molecular complexity index is 1100. The summed E-state index contributed by atoms with van der Waals surface area (Å²) in [6, 6.07) is -2.96. The maximum atomic E-state index is 14.5. The van der Waals surface area contributed by atoms with Crippen molar-refractivity contribution in [2.75, 3.05) is 13.2 Å². The Kier molecular flexibility index (Phi) is 13.4. The highest BCUT2D eigenvalue weighted by Crippen LogP contribution is 2.41. The molecular weight excluding hydrogens is 580 g/mol. The molecule has 4 amide bonds. The molecule has 5 unspecified atom stereocenters. The van der Waals surface area contributed by atoms with Crippen LogP contribution < -0.4 is 16.0 Å². The number of carbonyl (C=O) groups excluding carboxylic acids is 6. The van der Waals surface area contributed by atoms with Crippen LogP contribution >= 0.6 is 0 Å². The second kappa shape index (κ2) is 16.7. The van der Waals surface area contributed by atoms with Crippen LogP contribution in [0.15, 0.2) is 12.7 Å². The summed E-state index contributed by atoms with van der Waals surface area (Å²) in [5.74, 6) is -3.35. The summed E-state index contributed by atoms with van der Waals surface area (Å²) in [4.78, 5) is 80.5. The lowest BCUT2D eigenvalue weighted by Crippen LogP contribution is -2.60. The first-order valence-corrected chi connectivity index (χ1v) is 16.6. The molecule has 3 aliphatic rings. The zero-order valence-electron chi connectivity index (χ0n) is 27.4. The normalized spacial score (nSPS) is 23.1. The second-order valence-corrected chi connectivity index (χ2v) is 13.5. The number of carbonyl (C=O) groups is 6. The van der Waals surface area contributed by atoms with E-state index in [9.17, 15) is 28.8 Å². The van der Waals surface area contributed by atoms with Crippen LogP contribution in [0.1, 0.15) is 105 Å². The lowest BCUT2D eigenvalue weighted by atomic mass is 9.82. The van der Waals surface area contributed by atoms with Crippen LogP contribution in [0.25, 0.3) is 0 Å². The van der Waals surface area contributed by atoms with E-state index in [0.29, 0.717) is 12.8 Å². The average molecular weight is 633 g/mol. The monoisotopic (exact) mass is 632 g/mol. The molecular formula is C33H52N4O8. The fourth-order valence-corrected chi connectivity index (χ4v) is 6.88. The van der Waals surface area contributed by atoms with Gasteiger partial charge in [-0.1, -0.05) is 58.1 Å². The summed E-state index contributed by atoms with van der Waals surface area (Å²) < 4.78 is 10.4. The van der Waals surface area contributed by atoms with Gasteiger partial charge in [-0.2, -0.15) is 0 Å². The van der Waals surface area contributed by atoms with Gasteiger partial charge in [0.1, 0.15) is 30.8 Å². The molecule has 3 rings (SSSR count). The zero-order chi connectivity index (χ0) is 33.1. The van der Waals surface area contributed by atoms with E-state index in [4.69, 9.17) is 9.47 Å². The van der Waals surface area contributed by atoms with Gasteiger partial charge in [-0.25, -0.2) is 4.79 Å². The zero-order valence-corrected chi connectivity index (χ0v) is 27.4. The second-order valence-electron chi connectivity index (χ2n) is 13.5. The lowest BCUT2D eigenvalue weighted by Gasteiger charge is -2.39. The van der Waals surface area contributed by atoms with E-state index in [1.54, 1.807) is 25.7 Å². The van der Waals surface area contributed by atoms with Crippen molar-refractivity contribution in [1.82, 2.24) is 20.9 Å². The van der Waals surface area contributed by atoms with Gasteiger partial charge >= 0.3 is 12.1 Å². The Morgan fingerprint density at radius 3 is 2.27 bits per heavy atom. The summed E-state index contributed by atoms with van der Waals surface area (Å²) in [5.41, 5.74) is -0.742. The summed E-state index contributed by atoms with van der Waals surface area (Å²) in [7, 11) is 0. The summed E-state index contributed by atoms with van der Waals surface area (Å²) in [5, 5.41) is 7.89. The number of ether oxygens (including phenoxy) is 2. The summed E-state index contributed by atoms with van der Waals surface area (Å²) >= 11 is 0. The molecule has 0 aromatic carbocycles. The quantitative estimate of drug-likeness (QED) is 0.158. The number of hydrogen-bond acceptors (Lipinski definition) is 8. The highest BCUT2D eigenvalue weighted by atomic mass is 16.6. The number of Topliss-reactive ketones (excluding diaryl/α,β-unsaturated/α-hetero) is 1. The van der Waals surface area contributed by atoms with Gasteiger partial charge in [0.2, 0.25) is 17.6 Å². The number of nitrogens with one attached hydrogen (secondary N) is 3. The van der Waals surface area contributed by atoms with Gasteiger partial charge in [0.25, 0.3) is 5.91 Å². The van der Waals surface area contributed by atoms with E-state index < -0.39 is 59.9 Å². The first-order valence-electron chi connectivity index (χ1n) is 16.6. The SMILES string of the molecule is C=CCOC(=O)CNC(=O)C(=O)C(CCC)NC(=O)C1CC2CCCCC2N1C(=O)C(NC(=O)OC(C)(C)C)C1CCCCC1. The molecule has 2 saturated carbocycles. The summed E-state index contributed by atoms with van der Waals surface area (Å²) in [6.45, 7) is 10.1. The number of nitrogens with zero attached hydrogens (tertiary/aromatic N) is 1. The van der Waals surface area contributed by atoms with Crippen molar-refractivity contribution in [3.63, 3.8) is 0 Å². The Labute approximate surface area is 266 Å². The van der Waals surface area contributed by atoms with E-state index in [1.807, 2.05) is 6.92 Å². The largest absolute Gasteiger partial charge is 0.460 e. The molecule has 0 bridgehead atoms. The van der Waals surface area contributed by atoms with Crippen molar-refractivity contribution in [2.45, 2.75) is 135 Å². The van der Waals surface area contributed by atoms with E-state index in [2.05, 4.69) is 22.5 Å². The fraction of sp³-hybridized carbons (Fsp3) is 0.758. The van der Waals surface area contributed by atoms with Crippen LogP contribution in [0.3, 0.4) is 0 Å². The van der Waals surface area contributed by atoms with Gasteiger partial charge in [-0.3, -0.25) is 24.0 Å². The first-order chi connectivity index (χ1) is 21.4. The van der Waals surface area contributed by atoms with Gasteiger partial charge in [-0.15, -0.1) is 0 Å². The Morgan fingerprint density at radius 1 is 0.956 bits per heavy atom. The highest BCUT2D eigenvalue weighted by molar-refractivity contribution is 6.38. The molecule has 0 aromatic heterocycles. The van der Waals surface area contributed by atoms with Crippen molar-refractivity contribution >= 4 is 35.6 Å². The van der Waals surface area contributed by atoms with Crippen molar-refractivity contribution in [3.8, 4) is 0 Å². The minimum absolute atomic E-state index is 0.0232. The molecule has 1 saturated heterocycles. The molecule has 12 nitrogen and oxygen atoms in total. The third-order valence-corrected chi connectivity index (χ3v) is 8.89. The number of amides is 4. The maximum absolute atomic E-state index is 14.5. The number of likely N-dealkylation sites (tertiary alicyclic amines) is 1. The molecule has 0 aromatic rings. The van der Waals surface area contributed by atoms with E-state index in [1.165, 1.54) is 6.08 Å². The Hall–Kier alpha value is -3.44. The highest BCUT2D eigenvalue weighted by Gasteiger charge is 2.50. The van der Waals surface area contributed by atoms with E-state index >= 15 is 0 Å². The van der Waals surface area contributed by atoms with Crippen LogP contribution in [0.4, 0.5) is 4.79 Å². The lowest BCUT2D eigenvalue weighted by molar-refractivity contribution is -0.146. The van der Waals surface area contributed by atoms with Crippen molar-refractivity contribution in [2.24, 2.45) is 11.8 Å². The topological polar surface area (TPSA) is 160 Å². The van der Waals surface area contributed by atoms with Crippen molar-refractivity contribution in [3.05, 3.63) is 12.7 Å². The number of esters is 1. The number of alkyl carbamates (subject to hydrolysis) is 1. The molecule has 0 radical (unpaired) electrons. The van der Waals surface area contributed by atoms with Crippen molar-refractivity contribution < 1.29 is 38.2 Å². The average Bonchev–Trinajstić information content (AvgIpc) is 3.40. The van der Waals surface area contributed by atoms with Gasteiger partial charge in [0.05, 0.1) is 6.04 Å². The number of rotatable bonds is 13. The van der Waals surface area contributed by atoms with Crippen LogP contribution in [0.2, 0.25) is 0 Å². The molecule has 5 atom stereocenters. The van der Waals surface area contributed by atoms with E-state index in [-0.39, 0.29) is 36.8 Å². The molecule has 45 heavy (non-hydrogen) atoms. The van der Waals surface area contributed by atoms with E-state index in [0.717, 1.165) is 57.8 Å². The van der Waals surface area contributed by atoms with Crippen LogP contribution in [-0.2, 0) is 33.4 Å². The van der Waals surface area contributed by atoms with Crippen molar-refractivity contribution in [1.29, 1.82) is 0 Å². The maximum Gasteiger partial charge on any atom is 0.408 e. The molecule has 12 heteroatoms. The van der Waals surface area contributed by atoms with Crippen LogP contribution in [0, 0.1) is 11.8 Å². The number of ketones is 1. The first kappa shape index (κ1) is 36.0. The Balaban J connectivity index is 1.81. The summed E-state index contributed by atoms with van der Waals surface area (Å²) in [6.07, 6.45) is 10.00. The smallest absolute Gasteiger partial charge is 0.408 e. The fourth-order valence-electron chi connectivity index (χ4n) is 6.88. The van der Waals surface area contributed by atoms with Gasteiger partial charge in [0, 0.05) is 6.04 Å². The predicted octanol–water partition coefficient (Wildman–Crippen LogP) is 3.32. The molecule has 1 heterocycles. The predicted molar refractivity (Wildman–Crippen MR) is 167 cm³/mol. The van der Waals surface area contributed by atoms with Crippen LogP contribution in [0.5, 0.6) is 0 Å². The molecule has 3 N–H and O–H groups in total. The molecule has 3 fully saturated rings. The number of fused-ring (bicyclic) bond motifs is 1. The molecule has 252 valence electrons. The van der Waals surface area contributed by atoms with Crippen LogP contribution in [-0.4, -0.2) is 83.4 Å². The van der Waals surface area contributed by atoms with Gasteiger partial charge in [0.15, 0.2) is 0 Å². The van der Waals surface area contributed by atoms with Gasteiger partial charge in [-0.05, 0) is 71.1 Å². The standard InChI is InChI=1S/C33H52N4O8/c1-6-13-23(28(39)30(41)34-20-26(38)44-18-7-2)35-29(40)25-19-22-16-11-12-17-24(22)37(25)31(42)27(21-14-9-8-10-15-21)36-32(43)45-33(3,4)5/h7,21-25,27H,2,6,8-20H2,1,3-5H3,(H,34,41)(H,35,40)(H,36,43). The molecule has 1 aliphatic heterocycles.